The number of aromatic nitrogens is 1. The van der Waals surface area contributed by atoms with Crippen LogP contribution in [0.25, 0.3) is 0 Å². The predicted octanol–water partition coefficient (Wildman–Crippen LogP) is 1.69. The van der Waals surface area contributed by atoms with Crippen molar-refractivity contribution in [2.45, 2.75) is 24.9 Å². The molecule has 2 aliphatic rings. The van der Waals surface area contributed by atoms with Gasteiger partial charge >= 0.3 is 0 Å². The molecule has 0 aromatic carbocycles. The minimum Gasteiger partial charge on any atom is -0.459 e. The molecular weight excluding hydrogens is 282 g/mol. The number of likely N-dealkylation sites (tertiary alicyclic amines) is 1. The van der Waals surface area contributed by atoms with E-state index in [-0.39, 0.29) is 23.9 Å². The second-order valence-corrected chi connectivity index (χ2v) is 5.58. The topological polar surface area (TPSA) is 66.7 Å². The zero-order chi connectivity index (χ0) is 15.1. The highest BCUT2D eigenvalue weighted by atomic mass is 16.3. The molecule has 0 bridgehead atoms. The molecule has 2 aromatic rings. The van der Waals surface area contributed by atoms with Gasteiger partial charge in [0.15, 0.2) is 5.76 Å². The summed E-state index contributed by atoms with van der Waals surface area (Å²) in [6.07, 6.45) is 5.99. The van der Waals surface area contributed by atoms with E-state index in [9.17, 15) is 9.59 Å². The molecule has 2 aromatic heterocycles. The van der Waals surface area contributed by atoms with E-state index in [2.05, 4.69) is 4.98 Å². The highest BCUT2D eigenvalue weighted by molar-refractivity contribution is 5.99. The molecule has 2 aliphatic heterocycles. The van der Waals surface area contributed by atoms with E-state index < -0.39 is 0 Å². The zero-order valence-electron chi connectivity index (χ0n) is 11.9. The van der Waals surface area contributed by atoms with Crippen molar-refractivity contribution < 1.29 is 14.0 Å². The fourth-order valence-electron chi connectivity index (χ4n) is 3.47. The van der Waals surface area contributed by atoms with E-state index in [4.69, 9.17) is 4.42 Å². The van der Waals surface area contributed by atoms with Crippen LogP contribution in [0.15, 0.2) is 47.3 Å². The third kappa shape index (κ3) is 1.91. The van der Waals surface area contributed by atoms with Crippen molar-refractivity contribution in [2.24, 2.45) is 0 Å². The molecule has 6 nitrogen and oxygen atoms in total. The molecule has 6 heteroatoms. The molecule has 0 radical (unpaired) electrons. The Hall–Kier alpha value is -2.63. The molecule has 0 spiro atoms. The van der Waals surface area contributed by atoms with Crippen LogP contribution in [0.2, 0.25) is 0 Å². The molecular formula is C16H15N3O3. The van der Waals surface area contributed by atoms with Gasteiger partial charge in [-0.05, 0) is 30.7 Å². The Morgan fingerprint density at radius 2 is 2.18 bits per heavy atom. The summed E-state index contributed by atoms with van der Waals surface area (Å²) >= 11 is 0. The average molecular weight is 297 g/mol. The van der Waals surface area contributed by atoms with Crippen LogP contribution >= 0.6 is 0 Å². The van der Waals surface area contributed by atoms with Gasteiger partial charge < -0.3 is 14.2 Å². The van der Waals surface area contributed by atoms with E-state index in [1.165, 1.54) is 6.26 Å². The Morgan fingerprint density at radius 1 is 1.27 bits per heavy atom. The zero-order valence-corrected chi connectivity index (χ0v) is 11.9. The molecule has 2 saturated heterocycles. The number of pyridine rings is 1. The summed E-state index contributed by atoms with van der Waals surface area (Å²) in [5.74, 6) is 0.228. The molecule has 0 saturated carbocycles. The lowest BCUT2D eigenvalue weighted by atomic mass is 10.1. The van der Waals surface area contributed by atoms with Gasteiger partial charge in [0.1, 0.15) is 0 Å². The highest BCUT2D eigenvalue weighted by Gasteiger charge is 2.49. The molecule has 0 unspecified atom stereocenters. The van der Waals surface area contributed by atoms with Crippen molar-refractivity contribution in [3.63, 3.8) is 0 Å². The summed E-state index contributed by atoms with van der Waals surface area (Å²) in [6.45, 7) is 0.638. The van der Waals surface area contributed by atoms with Crippen LogP contribution in [-0.2, 0) is 4.79 Å². The number of amides is 2. The minimum atomic E-state index is -0.140. The van der Waals surface area contributed by atoms with E-state index >= 15 is 0 Å². The van der Waals surface area contributed by atoms with Crippen LogP contribution in [0.5, 0.6) is 0 Å². The third-order valence-electron chi connectivity index (χ3n) is 4.41. The number of rotatable bonds is 2. The Morgan fingerprint density at radius 3 is 2.91 bits per heavy atom. The van der Waals surface area contributed by atoms with Gasteiger partial charge in [-0.25, -0.2) is 0 Å². The fourth-order valence-corrected chi connectivity index (χ4v) is 3.47. The molecule has 0 N–H and O–H groups in total. The van der Waals surface area contributed by atoms with Gasteiger partial charge in [-0.15, -0.1) is 0 Å². The number of carbonyl (C=O) groups is 2. The largest absolute Gasteiger partial charge is 0.459 e. The monoisotopic (exact) mass is 297 g/mol. The molecule has 22 heavy (non-hydrogen) atoms. The first-order chi connectivity index (χ1) is 10.8. The first-order valence-corrected chi connectivity index (χ1v) is 7.32. The number of carbonyl (C=O) groups excluding carboxylic acids is 2. The van der Waals surface area contributed by atoms with Gasteiger partial charge in [0.25, 0.3) is 5.91 Å². The normalized spacial score (nSPS) is 23.9. The molecule has 0 aliphatic carbocycles. The van der Waals surface area contributed by atoms with E-state index in [1.54, 1.807) is 34.3 Å². The molecule has 112 valence electrons. The number of nitrogens with zero attached hydrogens (tertiary/aromatic N) is 3. The summed E-state index contributed by atoms with van der Waals surface area (Å²) in [7, 11) is 0. The summed E-state index contributed by atoms with van der Waals surface area (Å²) in [5.41, 5.74) is 0.798. The van der Waals surface area contributed by atoms with Crippen LogP contribution in [0.1, 0.15) is 23.4 Å². The van der Waals surface area contributed by atoms with Gasteiger partial charge in [-0.1, -0.05) is 0 Å². The van der Waals surface area contributed by atoms with Crippen molar-refractivity contribution in [1.29, 1.82) is 0 Å². The highest BCUT2D eigenvalue weighted by Crippen LogP contribution is 2.36. The van der Waals surface area contributed by atoms with Crippen LogP contribution in [-0.4, -0.2) is 40.3 Å². The molecule has 2 atom stereocenters. The van der Waals surface area contributed by atoms with Gasteiger partial charge in [0.05, 0.1) is 30.2 Å². The van der Waals surface area contributed by atoms with Crippen molar-refractivity contribution in [2.75, 3.05) is 11.4 Å². The first-order valence-electron chi connectivity index (χ1n) is 7.32. The lowest BCUT2D eigenvalue weighted by Crippen LogP contribution is -2.39. The summed E-state index contributed by atoms with van der Waals surface area (Å²) in [6, 6.07) is 6.98. The first kappa shape index (κ1) is 13.1. The summed E-state index contributed by atoms with van der Waals surface area (Å²) in [4.78, 5) is 32.5. The number of furan rings is 1. The van der Waals surface area contributed by atoms with Crippen LogP contribution in [0, 0.1) is 0 Å². The van der Waals surface area contributed by atoms with Crippen LogP contribution < -0.4 is 4.90 Å². The summed E-state index contributed by atoms with van der Waals surface area (Å²) in [5, 5.41) is 0. The van der Waals surface area contributed by atoms with Crippen molar-refractivity contribution in [1.82, 2.24) is 9.88 Å². The predicted molar refractivity (Wildman–Crippen MR) is 78.3 cm³/mol. The Bertz CT molecular complexity index is 699. The maximum Gasteiger partial charge on any atom is 0.289 e. The Kier molecular flexibility index (Phi) is 2.96. The van der Waals surface area contributed by atoms with Crippen molar-refractivity contribution >= 4 is 17.5 Å². The minimum absolute atomic E-state index is 0.0237. The Balaban J connectivity index is 1.61. The number of hydrogen-bond donors (Lipinski definition) is 0. The third-order valence-corrected chi connectivity index (χ3v) is 4.41. The van der Waals surface area contributed by atoms with Gasteiger partial charge in [0.2, 0.25) is 5.91 Å². The van der Waals surface area contributed by atoms with E-state index in [1.807, 2.05) is 12.1 Å². The standard InChI is InChI=1S/C16H15N3O3/c20-15-9-13-12(19(15)11-3-1-6-17-10-11)5-7-18(13)16(21)14-4-2-8-22-14/h1-4,6,8,10,12-13H,5,7,9H2/t12-,13+/m1/s1. The number of hydrogen-bond acceptors (Lipinski definition) is 4. The SMILES string of the molecule is O=C(c1ccco1)N1CC[C@@H]2[C@@H]1CC(=O)N2c1cccnc1. The summed E-state index contributed by atoms with van der Waals surface area (Å²) < 4.78 is 5.19. The lowest BCUT2D eigenvalue weighted by Gasteiger charge is -2.24. The van der Waals surface area contributed by atoms with Crippen LogP contribution in [0.3, 0.4) is 0 Å². The second kappa shape index (κ2) is 4.98. The second-order valence-electron chi connectivity index (χ2n) is 5.58. The van der Waals surface area contributed by atoms with E-state index in [0.29, 0.717) is 18.7 Å². The van der Waals surface area contributed by atoms with Crippen molar-refractivity contribution in [3.05, 3.63) is 48.7 Å². The van der Waals surface area contributed by atoms with Gasteiger partial charge in [-0.3, -0.25) is 14.6 Å². The lowest BCUT2D eigenvalue weighted by molar-refractivity contribution is -0.117. The maximum absolute atomic E-state index is 12.5. The number of anilines is 1. The molecule has 2 fully saturated rings. The van der Waals surface area contributed by atoms with E-state index in [0.717, 1.165) is 12.1 Å². The molecule has 2 amide bonds. The van der Waals surface area contributed by atoms with Crippen LogP contribution in [0.4, 0.5) is 5.69 Å². The fraction of sp³-hybridized carbons (Fsp3) is 0.312. The quantitative estimate of drug-likeness (QED) is 0.846. The van der Waals surface area contributed by atoms with Gasteiger partial charge in [0, 0.05) is 19.2 Å². The molecule has 4 rings (SSSR count). The maximum atomic E-state index is 12.5. The number of fused-ring (bicyclic) bond motifs is 1. The van der Waals surface area contributed by atoms with Crippen molar-refractivity contribution in [3.8, 4) is 0 Å². The average Bonchev–Trinajstić information content (AvgIpc) is 3.23. The van der Waals surface area contributed by atoms with Gasteiger partial charge in [-0.2, -0.15) is 0 Å². The smallest absolute Gasteiger partial charge is 0.289 e. The Labute approximate surface area is 127 Å². The molecule has 4 heterocycles.